The maximum atomic E-state index is 4.35. The van der Waals surface area contributed by atoms with Gasteiger partial charge in [-0.25, -0.2) is 0 Å². The van der Waals surface area contributed by atoms with Crippen LogP contribution in [0.4, 0.5) is 0 Å². The summed E-state index contributed by atoms with van der Waals surface area (Å²) in [4.78, 5) is 0. The Morgan fingerprint density at radius 2 is 1.94 bits per heavy atom. The van der Waals surface area contributed by atoms with Gasteiger partial charge in [0.15, 0.2) is 0 Å². The first-order valence-corrected chi connectivity index (χ1v) is 6.24. The van der Waals surface area contributed by atoms with Gasteiger partial charge in [-0.1, -0.05) is 35.9 Å². The van der Waals surface area contributed by atoms with E-state index in [-0.39, 0.29) is 0 Å². The van der Waals surface area contributed by atoms with Crippen molar-refractivity contribution in [3.63, 3.8) is 0 Å². The second kappa shape index (κ2) is 4.00. The Kier molecular flexibility index (Phi) is 2.48. The number of rotatable bonds is 1. The molecule has 0 saturated heterocycles. The fraction of sp³-hybridized carbons (Fsp3) is 0.0714. The lowest BCUT2D eigenvalue weighted by atomic mass is 10.1. The van der Waals surface area contributed by atoms with E-state index in [1.165, 1.54) is 11.1 Å². The topological polar surface area (TPSA) is 28.7 Å². The first kappa shape index (κ1) is 10.5. The number of hydrogen-bond donors (Lipinski definition) is 1. The molecule has 0 unspecified atom stereocenters. The largest absolute Gasteiger partial charge is 0.277 e. The van der Waals surface area contributed by atoms with Gasteiger partial charge in [0.1, 0.15) is 5.52 Å². The van der Waals surface area contributed by atoms with Gasteiger partial charge in [0.25, 0.3) is 0 Å². The van der Waals surface area contributed by atoms with Crippen molar-refractivity contribution in [2.75, 3.05) is 0 Å². The summed E-state index contributed by atoms with van der Waals surface area (Å²) >= 11 is 3.51. The molecule has 0 aliphatic heterocycles. The van der Waals surface area contributed by atoms with Gasteiger partial charge in [0.05, 0.1) is 5.69 Å². The Balaban J connectivity index is 2.28. The molecule has 0 amide bonds. The third-order valence-electron chi connectivity index (χ3n) is 2.84. The third kappa shape index (κ3) is 1.76. The Morgan fingerprint density at radius 1 is 1.12 bits per heavy atom. The smallest absolute Gasteiger partial charge is 0.107 e. The van der Waals surface area contributed by atoms with E-state index >= 15 is 0 Å². The summed E-state index contributed by atoms with van der Waals surface area (Å²) in [6.07, 6.45) is 0. The highest BCUT2D eigenvalue weighted by atomic mass is 79.9. The number of para-hydroxylation sites is 1. The quantitative estimate of drug-likeness (QED) is 0.710. The predicted octanol–water partition coefficient (Wildman–Crippen LogP) is 4.30. The number of hydrogen-bond acceptors (Lipinski definition) is 1. The monoisotopic (exact) mass is 286 g/mol. The molecule has 0 atom stereocenters. The molecule has 0 radical (unpaired) electrons. The van der Waals surface area contributed by atoms with Gasteiger partial charge in [-0.3, -0.25) is 5.10 Å². The zero-order chi connectivity index (χ0) is 11.8. The Hall–Kier alpha value is -1.61. The highest BCUT2D eigenvalue weighted by molar-refractivity contribution is 9.10. The molecule has 2 aromatic carbocycles. The van der Waals surface area contributed by atoms with Gasteiger partial charge in [-0.15, -0.1) is 0 Å². The summed E-state index contributed by atoms with van der Waals surface area (Å²) in [6.45, 7) is 2.10. The van der Waals surface area contributed by atoms with E-state index < -0.39 is 0 Å². The number of H-pyrrole nitrogens is 1. The molecule has 1 heterocycles. The highest BCUT2D eigenvalue weighted by Crippen LogP contribution is 2.30. The molecule has 3 rings (SSSR count). The summed E-state index contributed by atoms with van der Waals surface area (Å²) in [6, 6.07) is 14.5. The number of benzene rings is 2. The lowest BCUT2D eigenvalue weighted by Gasteiger charge is -2.00. The fourth-order valence-electron chi connectivity index (χ4n) is 2.02. The summed E-state index contributed by atoms with van der Waals surface area (Å²) < 4.78 is 1.02. The van der Waals surface area contributed by atoms with Gasteiger partial charge in [0, 0.05) is 15.4 Å². The van der Waals surface area contributed by atoms with E-state index in [0.29, 0.717) is 0 Å². The van der Waals surface area contributed by atoms with Crippen molar-refractivity contribution < 1.29 is 0 Å². The highest BCUT2D eigenvalue weighted by Gasteiger charge is 2.09. The molecule has 1 N–H and O–H groups in total. The van der Waals surface area contributed by atoms with E-state index in [0.717, 1.165) is 21.1 Å². The van der Waals surface area contributed by atoms with E-state index in [4.69, 9.17) is 0 Å². The summed E-state index contributed by atoms with van der Waals surface area (Å²) in [7, 11) is 0. The normalized spacial score (nSPS) is 10.9. The second-order valence-electron chi connectivity index (χ2n) is 4.10. The molecule has 84 valence electrons. The van der Waals surface area contributed by atoms with Crippen LogP contribution >= 0.6 is 15.9 Å². The van der Waals surface area contributed by atoms with Crippen molar-refractivity contribution in [2.24, 2.45) is 0 Å². The minimum atomic E-state index is 0.976. The van der Waals surface area contributed by atoms with Gasteiger partial charge in [-0.2, -0.15) is 5.10 Å². The Bertz CT molecular complexity index is 686. The van der Waals surface area contributed by atoms with Gasteiger partial charge >= 0.3 is 0 Å². The average Bonchev–Trinajstić information content (AvgIpc) is 2.74. The molecule has 3 heteroatoms. The third-order valence-corrected chi connectivity index (χ3v) is 3.48. The Labute approximate surface area is 108 Å². The molecule has 3 aromatic rings. The minimum absolute atomic E-state index is 0.976. The van der Waals surface area contributed by atoms with Crippen LogP contribution in [0.15, 0.2) is 46.9 Å². The van der Waals surface area contributed by atoms with Crippen LogP contribution in [0.3, 0.4) is 0 Å². The lowest BCUT2D eigenvalue weighted by Crippen LogP contribution is -1.80. The van der Waals surface area contributed by atoms with Crippen molar-refractivity contribution in [3.05, 3.63) is 52.5 Å². The molecule has 0 bridgehead atoms. The number of aryl methyl sites for hydroxylation is 1. The van der Waals surface area contributed by atoms with Crippen molar-refractivity contribution in [1.29, 1.82) is 0 Å². The van der Waals surface area contributed by atoms with Crippen molar-refractivity contribution in [3.8, 4) is 11.3 Å². The summed E-state index contributed by atoms with van der Waals surface area (Å²) in [5.41, 5.74) is 4.47. The molecule has 0 fully saturated rings. The van der Waals surface area contributed by atoms with Crippen molar-refractivity contribution in [2.45, 2.75) is 6.92 Å². The van der Waals surface area contributed by atoms with Crippen molar-refractivity contribution in [1.82, 2.24) is 10.2 Å². The number of aromatic amines is 1. The summed E-state index contributed by atoms with van der Waals surface area (Å²) in [5.74, 6) is 0. The van der Waals surface area contributed by atoms with Gasteiger partial charge in [-0.05, 0) is 35.0 Å². The van der Waals surface area contributed by atoms with Crippen LogP contribution in [0.1, 0.15) is 5.56 Å². The van der Waals surface area contributed by atoms with Crippen LogP contribution < -0.4 is 0 Å². The first-order valence-electron chi connectivity index (χ1n) is 5.45. The SMILES string of the molecule is Cc1cccc(-c2[nH]nc3c(Br)cccc23)c1. The van der Waals surface area contributed by atoms with Gasteiger partial charge < -0.3 is 0 Å². The molecule has 0 aliphatic carbocycles. The standard InChI is InChI=1S/C14H11BrN2/c1-9-4-2-5-10(8-9)13-11-6-3-7-12(15)14(11)17-16-13/h2-8H,1H3,(H,16,17). The Morgan fingerprint density at radius 3 is 2.76 bits per heavy atom. The van der Waals surface area contributed by atoms with E-state index in [9.17, 15) is 0 Å². The van der Waals surface area contributed by atoms with E-state index in [1.54, 1.807) is 0 Å². The van der Waals surface area contributed by atoms with E-state index in [2.05, 4.69) is 63.4 Å². The minimum Gasteiger partial charge on any atom is -0.277 e. The van der Waals surface area contributed by atoms with Crippen LogP contribution in [-0.2, 0) is 0 Å². The lowest BCUT2D eigenvalue weighted by molar-refractivity contribution is 1.12. The molecule has 17 heavy (non-hydrogen) atoms. The number of nitrogens with zero attached hydrogens (tertiary/aromatic N) is 1. The van der Waals surface area contributed by atoms with Crippen LogP contribution in [0.25, 0.3) is 22.2 Å². The molecular formula is C14H11BrN2. The molecule has 2 nitrogen and oxygen atoms in total. The molecule has 1 aromatic heterocycles. The van der Waals surface area contributed by atoms with Crippen LogP contribution in [-0.4, -0.2) is 10.2 Å². The zero-order valence-electron chi connectivity index (χ0n) is 9.37. The maximum Gasteiger partial charge on any atom is 0.107 e. The van der Waals surface area contributed by atoms with E-state index in [1.807, 2.05) is 12.1 Å². The van der Waals surface area contributed by atoms with Crippen LogP contribution in [0.2, 0.25) is 0 Å². The number of fused-ring (bicyclic) bond motifs is 1. The molecule has 0 spiro atoms. The average molecular weight is 287 g/mol. The molecule has 0 aliphatic rings. The predicted molar refractivity (Wildman–Crippen MR) is 74.0 cm³/mol. The summed E-state index contributed by atoms with van der Waals surface area (Å²) in [5, 5.41) is 8.61. The number of aromatic nitrogens is 2. The second-order valence-corrected chi connectivity index (χ2v) is 4.96. The number of nitrogens with one attached hydrogen (secondary N) is 1. The first-order chi connectivity index (χ1) is 8.25. The van der Waals surface area contributed by atoms with Crippen LogP contribution in [0, 0.1) is 6.92 Å². The molecule has 0 saturated carbocycles. The van der Waals surface area contributed by atoms with Crippen LogP contribution in [0.5, 0.6) is 0 Å². The van der Waals surface area contributed by atoms with Crippen molar-refractivity contribution >= 4 is 26.8 Å². The number of halogens is 1. The molecular weight excluding hydrogens is 276 g/mol. The zero-order valence-corrected chi connectivity index (χ0v) is 11.0. The fourth-order valence-corrected chi connectivity index (χ4v) is 2.48. The van der Waals surface area contributed by atoms with Gasteiger partial charge in [0.2, 0.25) is 0 Å². The maximum absolute atomic E-state index is 4.35.